The lowest BCUT2D eigenvalue weighted by Crippen LogP contribution is -2.51. The average Bonchev–Trinajstić information content (AvgIpc) is 2.65. The molecule has 7 nitrogen and oxygen atoms in total. The molecular weight excluding hydrogens is 378 g/mol. The van der Waals surface area contributed by atoms with Crippen LogP contribution in [0.4, 0.5) is 0 Å². The lowest BCUT2D eigenvalue weighted by molar-refractivity contribution is -0.132. The largest absolute Gasteiger partial charge is 0.341 e. The highest BCUT2D eigenvalue weighted by atomic mass is 32.2. The van der Waals surface area contributed by atoms with Gasteiger partial charge in [-0.25, -0.2) is 8.42 Å². The third kappa shape index (κ3) is 6.04. The highest BCUT2D eigenvalue weighted by Gasteiger charge is 2.28. The van der Waals surface area contributed by atoms with E-state index in [1.54, 1.807) is 19.1 Å². The van der Waals surface area contributed by atoms with Gasteiger partial charge in [-0.2, -0.15) is 0 Å². The van der Waals surface area contributed by atoms with Crippen molar-refractivity contribution >= 4 is 21.7 Å². The molecule has 0 radical (unpaired) electrons. The number of carbonyl (C=O) groups excluding carboxylic acids is 2. The summed E-state index contributed by atoms with van der Waals surface area (Å²) in [5.74, 6) is -0.610. The number of carbonyl (C=O) groups is 2. The van der Waals surface area contributed by atoms with Gasteiger partial charge in [0.25, 0.3) is 5.91 Å². The summed E-state index contributed by atoms with van der Waals surface area (Å²) >= 11 is 0. The Morgan fingerprint density at radius 2 is 1.68 bits per heavy atom. The van der Waals surface area contributed by atoms with Crippen molar-refractivity contribution in [1.29, 1.82) is 0 Å². The van der Waals surface area contributed by atoms with Crippen molar-refractivity contribution < 1.29 is 18.0 Å². The number of benzene rings is 1. The molecule has 1 saturated heterocycles. The summed E-state index contributed by atoms with van der Waals surface area (Å²) in [4.78, 5) is 28.7. The van der Waals surface area contributed by atoms with E-state index < -0.39 is 15.9 Å². The topological polar surface area (TPSA) is 86.8 Å². The first-order valence-corrected chi connectivity index (χ1v) is 11.6. The summed E-state index contributed by atoms with van der Waals surface area (Å²) in [5, 5.41) is 2.71. The van der Waals surface area contributed by atoms with Crippen molar-refractivity contribution in [3.05, 3.63) is 35.4 Å². The third-order valence-electron chi connectivity index (χ3n) is 5.11. The van der Waals surface area contributed by atoms with Crippen LogP contribution >= 0.6 is 0 Å². The zero-order chi connectivity index (χ0) is 20.9. The Hall–Kier alpha value is -1.93. The molecule has 1 fully saturated rings. The van der Waals surface area contributed by atoms with Crippen molar-refractivity contribution in [1.82, 2.24) is 15.1 Å². The smallest absolute Gasteiger partial charge is 0.251 e. The molecular formula is C20H31N3O4S. The summed E-state index contributed by atoms with van der Waals surface area (Å²) in [6, 6.07) is 7.14. The van der Waals surface area contributed by atoms with Crippen LogP contribution in [0.3, 0.4) is 0 Å². The summed E-state index contributed by atoms with van der Waals surface area (Å²) in [6.45, 7) is 10.2. The second kappa shape index (κ2) is 9.52. The fourth-order valence-corrected chi connectivity index (χ4v) is 4.41. The van der Waals surface area contributed by atoms with Crippen LogP contribution in [-0.2, 0) is 21.2 Å². The Kier molecular flexibility index (Phi) is 7.60. The Morgan fingerprint density at radius 1 is 1.11 bits per heavy atom. The maximum Gasteiger partial charge on any atom is 0.251 e. The van der Waals surface area contributed by atoms with Gasteiger partial charge >= 0.3 is 0 Å². The highest BCUT2D eigenvalue weighted by molar-refractivity contribution is 7.91. The molecule has 28 heavy (non-hydrogen) atoms. The first kappa shape index (κ1) is 22.4. The molecule has 1 aromatic carbocycles. The van der Waals surface area contributed by atoms with E-state index in [9.17, 15) is 18.0 Å². The highest BCUT2D eigenvalue weighted by Crippen LogP contribution is 2.11. The second-order valence-corrected chi connectivity index (χ2v) is 9.83. The quantitative estimate of drug-likeness (QED) is 0.733. The molecule has 1 aliphatic rings. The fraction of sp³-hybridized carbons (Fsp3) is 0.600. The molecule has 2 amide bonds. The minimum absolute atomic E-state index is 0.0218. The van der Waals surface area contributed by atoms with Gasteiger partial charge in [0, 0.05) is 31.2 Å². The molecule has 8 heteroatoms. The molecule has 1 N–H and O–H groups in total. The van der Waals surface area contributed by atoms with Gasteiger partial charge in [0.1, 0.15) is 6.04 Å². The number of nitrogens with zero attached hydrogens (tertiary/aromatic N) is 2. The minimum atomic E-state index is -3.05. The van der Waals surface area contributed by atoms with Crippen LogP contribution in [0.5, 0.6) is 0 Å². The van der Waals surface area contributed by atoms with Crippen LogP contribution in [0.15, 0.2) is 24.3 Å². The van der Waals surface area contributed by atoms with Crippen molar-refractivity contribution in [3.63, 3.8) is 0 Å². The van der Waals surface area contributed by atoms with E-state index in [0.29, 0.717) is 11.6 Å². The standard InChI is InChI=1S/C20H31N3O4S/c1-5-22(15(2)3)14-17-6-8-18(9-7-17)19(24)21-16(4)20(25)23-10-12-28(26,27)13-11-23/h6-9,15-16H,5,10-14H2,1-4H3,(H,21,24). The van der Waals surface area contributed by atoms with Gasteiger partial charge in [-0.1, -0.05) is 19.1 Å². The number of rotatable bonds is 7. The van der Waals surface area contributed by atoms with Gasteiger partial charge in [0.05, 0.1) is 11.5 Å². The Bertz CT molecular complexity index is 776. The van der Waals surface area contributed by atoms with E-state index >= 15 is 0 Å². The maximum atomic E-state index is 12.5. The number of nitrogens with one attached hydrogen (secondary N) is 1. The van der Waals surface area contributed by atoms with Crippen molar-refractivity contribution in [2.45, 2.75) is 46.3 Å². The second-order valence-electron chi connectivity index (χ2n) is 7.53. The molecule has 1 heterocycles. The van der Waals surface area contributed by atoms with E-state index in [2.05, 4.69) is 31.0 Å². The van der Waals surface area contributed by atoms with Crippen LogP contribution in [0.1, 0.15) is 43.6 Å². The molecule has 0 bridgehead atoms. The molecule has 156 valence electrons. The Balaban J connectivity index is 1.92. The number of hydrogen-bond donors (Lipinski definition) is 1. The molecule has 1 aromatic rings. The van der Waals surface area contributed by atoms with Gasteiger partial charge in [-0.15, -0.1) is 0 Å². The van der Waals surface area contributed by atoms with Crippen LogP contribution in [0, 0.1) is 0 Å². The zero-order valence-corrected chi connectivity index (χ0v) is 18.0. The SMILES string of the molecule is CCN(Cc1ccc(C(=O)NC(C)C(=O)N2CCS(=O)(=O)CC2)cc1)C(C)C. The molecule has 1 atom stereocenters. The van der Waals surface area contributed by atoms with Crippen molar-refractivity contribution in [3.8, 4) is 0 Å². The monoisotopic (exact) mass is 409 g/mol. The third-order valence-corrected chi connectivity index (χ3v) is 6.72. The van der Waals surface area contributed by atoms with Gasteiger partial charge in [-0.3, -0.25) is 14.5 Å². The first-order valence-electron chi connectivity index (χ1n) is 9.76. The molecule has 1 aliphatic heterocycles. The molecule has 0 aromatic heterocycles. The normalized spacial score (nSPS) is 17.6. The summed E-state index contributed by atoms with van der Waals surface area (Å²) in [6.07, 6.45) is 0. The van der Waals surface area contributed by atoms with E-state index in [0.717, 1.165) is 18.7 Å². The van der Waals surface area contributed by atoms with Crippen LogP contribution in [0.25, 0.3) is 0 Å². The van der Waals surface area contributed by atoms with Gasteiger partial charge in [-0.05, 0) is 45.0 Å². The van der Waals surface area contributed by atoms with E-state index in [4.69, 9.17) is 0 Å². The van der Waals surface area contributed by atoms with Gasteiger partial charge in [0.15, 0.2) is 9.84 Å². The predicted molar refractivity (Wildman–Crippen MR) is 110 cm³/mol. The summed E-state index contributed by atoms with van der Waals surface area (Å²) in [5.41, 5.74) is 1.63. The lowest BCUT2D eigenvalue weighted by Gasteiger charge is -2.29. The first-order chi connectivity index (χ1) is 13.1. The zero-order valence-electron chi connectivity index (χ0n) is 17.1. The lowest BCUT2D eigenvalue weighted by atomic mass is 10.1. The molecule has 0 saturated carbocycles. The van der Waals surface area contributed by atoms with Crippen LogP contribution in [-0.4, -0.2) is 73.3 Å². The molecule has 2 rings (SSSR count). The molecule has 1 unspecified atom stereocenters. The average molecular weight is 410 g/mol. The predicted octanol–water partition coefficient (Wildman–Crippen LogP) is 1.29. The summed E-state index contributed by atoms with van der Waals surface area (Å²) < 4.78 is 23.0. The van der Waals surface area contributed by atoms with E-state index in [1.807, 2.05) is 12.1 Å². The van der Waals surface area contributed by atoms with Crippen molar-refractivity contribution in [2.24, 2.45) is 0 Å². The van der Waals surface area contributed by atoms with Crippen molar-refractivity contribution in [2.75, 3.05) is 31.1 Å². The number of amides is 2. The van der Waals surface area contributed by atoms with Crippen LogP contribution in [0.2, 0.25) is 0 Å². The number of sulfone groups is 1. The minimum Gasteiger partial charge on any atom is -0.341 e. The Morgan fingerprint density at radius 3 is 2.18 bits per heavy atom. The van der Waals surface area contributed by atoms with Crippen LogP contribution < -0.4 is 5.32 Å². The number of hydrogen-bond acceptors (Lipinski definition) is 5. The fourth-order valence-electron chi connectivity index (χ4n) is 3.20. The summed E-state index contributed by atoms with van der Waals surface area (Å²) in [7, 11) is -3.05. The molecule has 0 spiro atoms. The maximum absolute atomic E-state index is 12.5. The van der Waals surface area contributed by atoms with Gasteiger partial charge in [0.2, 0.25) is 5.91 Å². The van der Waals surface area contributed by atoms with E-state index in [-0.39, 0.29) is 36.4 Å². The van der Waals surface area contributed by atoms with E-state index in [1.165, 1.54) is 4.90 Å². The van der Waals surface area contributed by atoms with Gasteiger partial charge < -0.3 is 10.2 Å². The Labute approximate surface area is 168 Å². The molecule has 0 aliphatic carbocycles.